The van der Waals surface area contributed by atoms with E-state index in [2.05, 4.69) is 20.6 Å². The third kappa shape index (κ3) is 4.80. The molecule has 3 aromatic rings. The van der Waals surface area contributed by atoms with Crippen LogP contribution in [0.4, 0.5) is 23.0 Å². The summed E-state index contributed by atoms with van der Waals surface area (Å²) in [4.78, 5) is 8.81. The highest BCUT2D eigenvalue weighted by Gasteiger charge is 2.15. The van der Waals surface area contributed by atoms with Crippen LogP contribution in [-0.4, -0.2) is 52.6 Å². The molecule has 0 fully saturated rings. The predicted octanol–water partition coefficient (Wildman–Crippen LogP) is 4.02. The molecule has 32 heavy (non-hydrogen) atoms. The first-order valence-electron chi connectivity index (χ1n) is 9.52. The SMILES string of the molecule is COc1cc(Nc2cncc(Nc3cc(OC)c(OC)c(OC)c3)n2)cc(OC)c1OC. The van der Waals surface area contributed by atoms with Gasteiger partial charge in [-0.05, 0) is 0 Å². The maximum atomic E-state index is 5.40. The van der Waals surface area contributed by atoms with Crippen molar-refractivity contribution in [3.63, 3.8) is 0 Å². The van der Waals surface area contributed by atoms with Crippen LogP contribution in [0, 0.1) is 0 Å². The molecule has 0 aliphatic carbocycles. The first kappa shape index (κ1) is 22.6. The number of hydrogen-bond acceptors (Lipinski definition) is 10. The van der Waals surface area contributed by atoms with E-state index in [1.54, 1.807) is 79.3 Å². The minimum absolute atomic E-state index is 0.504. The van der Waals surface area contributed by atoms with Crippen LogP contribution >= 0.6 is 0 Å². The zero-order chi connectivity index (χ0) is 23.1. The molecule has 0 aliphatic rings. The zero-order valence-corrected chi connectivity index (χ0v) is 18.8. The van der Waals surface area contributed by atoms with Gasteiger partial charge in [0.25, 0.3) is 0 Å². The standard InChI is InChI=1S/C22H26N4O6/c1-27-15-7-13(8-16(28-2)21(15)31-5)24-19-11-23-12-20(26-19)25-14-9-17(29-3)22(32-6)18(10-14)30-4/h7-12H,1-6H3,(H2,24,25,26). The molecule has 1 aromatic heterocycles. The molecule has 170 valence electrons. The Bertz CT molecular complexity index is 945. The van der Waals surface area contributed by atoms with Crippen molar-refractivity contribution in [1.29, 1.82) is 0 Å². The number of rotatable bonds is 10. The Balaban J connectivity index is 1.87. The van der Waals surface area contributed by atoms with E-state index in [0.717, 1.165) is 0 Å². The van der Waals surface area contributed by atoms with Crippen LogP contribution < -0.4 is 39.1 Å². The zero-order valence-electron chi connectivity index (χ0n) is 18.8. The first-order chi connectivity index (χ1) is 15.6. The van der Waals surface area contributed by atoms with Gasteiger partial charge in [0, 0.05) is 35.6 Å². The van der Waals surface area contributed by atoms with Gasteiger partial charge in [-0.25, -0.2) is 4.98 Å². The van der Waals surface area contributed by atoms with Crippen molar-refractivity contribution >= 4 is 23.0 Å². The Kier molecular flexibility index (Phi) is 7.27. The summed E-state index contributed by atoms with van der Waals surface area (Å²) in [5.41, 5.74) is 1.39. The molecule has 1 heterocycles. The van der Waals surface area contributed by atoms with Crippen LogP contribution in [0.3, 0.4) is 0 Å². The molecule has 0 atom stereocenters. The van der Waals surface area contributed by atoms with Crippen molar-refractivity contribution < 1.29 is 28.4 Å². The number of aromatic nitrogens is 2. The van der Waals surface area contributed by atoms with Crippen molar-refractivity contribution in [2.24, 2.45) is 0 Å². The lowest BCUT2D eigenvalue weighted by atomic mass is 10.2. The Morgan fingerprint density at radius 2 is 0.875 bits per heavy atom. The highest BCUT2D eigenvalue weighted by molar-refractivity contribution is 5.69. The fourth-order valence-corrected chi connectivity index (χ4v) is 3.09. The number of anilines is 4. The van der Waals surface area contributed by atoms with Gasteiger partial charge in [-0.3, -0.25) is 4.98 Å². The van der Waals surface area contributed by atoms with Gasteiger partial charge in [0.15, 0.2) is 34.6 Å². The summed E-state index contributed by atoms with van der Waals surface area (Å²) in [5.74, 6) is 4.12. The van der Waals surface area contributed by atoms with Crippen molar-refractivity contribution in [3.05, 3.63) is 36.7 Å². The van der Waals surface area contributed by atoms with Crippen LogP contribution in [0.2, 0.25) is 0 Å². The minimum atomic E-state index is 0.504. The third-order valence-electron chi connectivity index (χ3n) is 4.51. The maximum Gasteiger partial charge on any atom is 0.203 e. The van der Waals surface area contributed by atoms with Gasteiger partial charge < -0.3 is 39.1 Å². The summed E-state index contributed by atoms with van der Waals surface area (Å²) >= 11 is 0. The van der Waals surface area contributed by atoms with Gasteiger partial charge in [-0.1, -0.05) is 0 Å². The molecule has 0 bridgehead atoms. The monoisotopic (exact) mass is 442 g/mol. The van der Waals surface area contributed by atoms with Crippen molar-refractivity contribution in [3.8, 4) is 34.5 Å². The van der Waals surface area contributed by atoms with Crippen LogP contribution in [0.15, 0.2) is 36.7 Å². The Labute approximate surface area is 186 Å². The molecule has 3 rings (SSSR count). The van der Waals surface area contributed by atoms with Gasteiger partial charge >= 0.3 is 0 Å². The number of benzene rings is 2. The fourth-order valence-electron chi connectivity index (χ4n) is 3.09. The molecule has 0 unspecified atom stereocenters. The smallest absolute Gasteiger partial charge is 0.203 e. The Morgan fingerprint density at radius 1 is 0.531 bits per heavy atom. The quantitative estimate of drug-likeness (QED) is 0.478. The van der Waals surface area contributed by atoms with E-state index in [-0.39, 0.29) is 0 Å². The molecule has 0 saturated heterocycles. The second kappa shape index (κ2) is 10.3. The van der Waals surface area contributed by atoms with Gasteiger partial charge in [0.05, 0.1) is 55.1 Å². The summed E-state index contributed by atoms with van der Waals surface area (Å²) in [6.45, 7) is 0. The van der Waals surface area contributed by atoms with E-state index in [1.807, 2.05) is 0 Å². The van der Waals surface area contributed by atoms with Gasteiger partial charge in [-0.15, -0.1) is 0 Å². The second-order valence-corrected chi connectivity index (χ2v) is 6.37. The fraction of sp³-hybridized carbons (Fsp3) is 0.273. The van der Waals surface area contributed by atoms with Crippen LogP contribution in [0.25, 0.3) is 0 Å². The van der Waals surface area contributed by atoms with E-state index in [9.17, 15) is 0 Å². The van der Waals surface area contributed by atoms with Gasteiger partial charge in [0.1, 0.15) is 0 Å². The van der Waals surface area contributed by atoms with Crippen molar-refractivity contribution in [2.45, 2.75) is 0 Å². The van der Waals surface area contributed by atoms with E-state index in [0.29, 0.717) is 57.5 Å². The topological polar surface area (TPSA) is 105 Å². The van der Waals surface area contributed by atoms with Crippen LogP contribution in [-0.2, 0) is 0 Å². The number of ether oxygens (including phenoxy) is 6. The second-order valence-electron chi connectivity index (χ2n) is 6.37. The lowest BCUT2D eigenvalue weighted by molar-refractivity contribution is 0.324. The summed E-state index contributed by atoms with van der Waals surface area (Å²) < 4.78 is 32.3. The highest BCUT2D eigenvalue weighted by Crippen LogP contribution is 2.41. The summed E-state index contributed by atoms with van der Waals surface area (Å²) in [5, 5.41) is 6.39. The molecular weight excluding hydrogens is 416 g/mol. The molecule has 0 amide bonds. The lowest BCUT2D eigenvalue weighted by Crippen LogP contribution is -2.02. The predicted molar refractivity (Wildman–Crippen MR) is 121 cm³/mol. The molecular formula is C22H26N4O6. The van der Waals surface area contributed by atoms with E-state index < -0.39 is 0 Å². The van der Waals surface area contributed by atoms with Gasteiger partial charge in [0.2, 0.25) is 11.5 Å². The highest BCUT2D eigenvalue weighted by atomic mass is 16.5. The molecule has 2 N–H and O–H groups in total. The molecule has 0 spiro atoms. The van der Waals surface area contributed by atoms with E-state index in [4.69, 9.17) is 28.4 Å². The summed E-state index contributed by atoms with van der Waals surface area (Å²) in [6, 6.07) is 7.12. The molecule has 0 radical (unpaired) electrons. The third-order valence-corrected chi connectivity index (χ3v) is 4.51. The maximum absolute atomic E-state index is 5.40. The lowest BCUT2D eigenvalue weighted by Gasteiger charge is -2.16. The Hall–Kier alpha value is -4.08. The number of nitrogens with one attached hydrogen (secondary N) is 2. The number of hydrogen-bond donors (Lipinski definition) is 2. The normalized spacial score (nSPS) is 10.2. The van der Waals surface area contributed by atoms with Crippen molar-refractivity contribution in [2.75, 3.05) is 53.3 Å². The molecule has 2 aromatic carbocycles. The van der Waals surface area contributed by atoms with Crippen molar-refractivity contribution in [1.82, 2.24) is 9.97 Å². The van der Waals surface area contributed by atoms with Crippen LogP contribution in [0.1, 0.15) is 0 Å². The summed E-state index contributed by atoms with van der Waals surface area (Å²) in [6.07, 6.45) is 3.20. The first-order valence-corrected chi connectivity index (χ1v) is 9.52. The van der Waals surface area contributed by atoms with E-state index in [1.165, 1.54) is 0 Å². The van der Waals surface area contributed by atoms with Crippen LogP contribution in [0.5, 0.6) is 34.5 Å². The largest absolute Gasteiger partial charge is 0.493 e. The number of nitrogens with zero attached hydrogens (tertiary/aromatic N) is 2. The average molecular weight is 442 g/mol. The molecule has 0 aliphatic heterocycles. The molecule has 0 saturated carbocycles. The average Bonchev–Trinajstić information content (AvgIpc) is 2.82. The minimum Gasteiger partial charge on any atom is -0.493 e. The number of methoxy groups -OCH3 is 6. The molecule has 10 nitrogen and oxygen atoms in total. The summed E-state index contributed by atoms with van der Waals surface area (Å²) in [7, 11) is 9.34. The van der Waals surface area contributed by atoms with E-state index >= 15 is 0 Å². The Morgan fingerprint density at radius 3 is 1.16 bits per heavy atom. The molecule has 10 heteroatoms. The van der Waals surface area contributed by atoms with Gasteiger partial charge in [-0.2, -0.15) is 0 Å².